The van der Waals surface area contributed by atoms with Gasteiger partial charge in [-0.05, 0) is 49.0 Å². The van der Waals surface area contributed by atoms with Gasteiger partial charge in [-0.25, -0.2) is 0 Å². The van der Waals surface area contributed by atoms with Crippen molar-refractivity contribution in [1.29, 1.82) is 0 Å². The third-order valence-electron chi connectivity index (χ3n) is 4.28. The Labute approximate surface area is 143 Å². The van der Waals surface area contributed by atoms with Crippen molar-refractivity contribution >= 4 is 0 Å². The van der Waals surface area contributed by atoms with Crippen LogP contribution in [0.1, 0.15) is 40.6 Å². The molecule has 0 unspecified atom stereocenters. The molecule has 0 aliphatic carbocycles. The molecule has 0 bridgehead atoms. The van der Waals surface area contributed by atoms with E-state index in [1.165, 1.54) is 5.56 Å². The van der Waals surface area contributed by atoms with Gasteiger partial charge in [0.25, 0.3) is 0 Å². The number of para-hydroxylation sites is 1. The molecule has 2 nitrogen and oxygen atoms in total. The Morgan fingerprint density at radius 1 is 1.09 bits per heavy atom. The molecule has 118 valence electrons. The van der Waals surface area contributed by atoms with Crippen molar-refractivity contribution in [3.8, 4) is 17.1 Å². The summed E-state index contributed by atoms with van der Waals surface area (Å²) in [5.74, 6) is 0.411. The molecule has 2 aromatic heterocycles. The topological polar surface area (TPSA) is 8.81 Å². The minimum atomic E-state index is -2.10. The molecule has 0 atom stereocenters. The number of pyridine rings is 1. The number of nitrogens with zero attached hydrogens (tertiary/aromatic N) is 2. The van der Waals surface area contributed by atoms with Gasteiger partial charge in [0.15, 0.2) is 6.20 Å². The second-order valence-electron chi connectivity index (χ2n) is 6.34. The van der Waals surface area contributed by atoms with Crippen molar-refractivity contribution < 1.29 is 8.68 Å². The number of aryl methyl sites for hydroxylation is 3. The molecule has 3 rings (SSSR count). The van der Waals surface area contributed by atoms with Crippen LogP contribution in [0.15, 0.2) is 54.9 Å². The van der Waals surface area contributed by atoms with Gasteiger partial charge in [-0.15, -0.1) is 0 Å². The normalized spacial score (nSPS) is 13.7. The summed E-state index contributed by atoms with van der Waals surface area (Å²) in [7, 11) is 1.90. The Bertz CT molecular complexity index is 937. The number of hydrogen-bond donors (Lipinski definition) is 0. The molecule has 23 heavy (non-hydrogen) atoms. The van der Waals surface area contributed by atoms with E-state index >= 15 is 0 Å². The van der Waals surface area contributed by atoms with E-state index in [2.05, 4.69) is 61.9 Å². The summed E-state index contributed by atoms with van der Waals surface area (Å²) in [6.45, 7) is 4.37. The first-order chi connectivity index (χ1) is 12.2. The minimum Gasteiger partial charge on any atom is -0.311 e. The molecule has 3 aromatic rings. The zero-order valence-corrected chi connectivity index (χ0v) is 14.2. The average molecular weight is 308 g/mol. The molecule has 0 aliphatic rings. The lowest BCUT2D eigenvalue weighted by Gasteiger charge is -2.16. The minimum absolute atomic E-state index is 0.349. The third kappa shape index (κ3) is 2.81. The fraction of sp³-hybridized carbons (Fsp3) is 0.286. The van der Waals surface area contributed by atoms with Gasteiger partial charge in [-0.3, -0.25) is 0 Å². The Balaban J connectivity index is 2.20. The molecule has 1 aromatic carbocycles. The SMILES string of the molecule is [2H]C([2H])([2H])c1ccc(-c2c(C)ccn2-c2ccccc2C(C)C)[n+](C)c1. The van der Waals surface area contributed by atoms with Crippen LogP contribution in [-0.2, 0) is 7.05 Å². The van der Waals surface area contributed by atoms with Crippen molar-refractivity contribution in [2.45, 2.75) is 33.5 Å². The van der Waals surface area contributed by atoms with Crippen LogP contribution in [0, 0.1) is 13.8 Å². The summed E-state index contributed by atoms with van der Waals surface area (Å²) in [5, 5.41) is 0. The van der Waals surface area contributed by atoms with Gasteiger partial charge < -0.3 is 4.57 Å². The van der Waals surface area contributed by atoms with E-state index in [4.69, 9.17) is 4.11 Å². The molecule has 0 saturated carbocycles. The summed E-state index contributed by atoms with van der Waals surface area (Å²) >= 11 is 0. The number of aromatic nitrogens is 2. The summed E-state index contributed by atoms with van der Waals surface area (Å²) in [6, 6.07) is 14.1. The molecular weight excluding hydrogens is 280 g/mol. The maximum atomic E-state index is 7.62. The van der Waals surface area contributed by atoms with E-state index in [9.17, 15) is 0 Å². The lowest BCUT2D eigenvalue weighted by Crippen LogP contribution is -2.31. The molecule has 2 heteroatoms. The van der Waals surface area contributed by atoms with Crippen LogP contribution in [0.5, 0.6) is 0 Å². The largest absolute Gasteiger partial charge is 0.311 e. The predicted molar refractivity (Wildman–Crippen MR) is 95.9 cm³/mol. The Kier molecular flexibility index (Phi) is 3.18. The van der Waals surface area contributed by atoms with Gasteiger partial charge in [0.1, 0.15) is 12.7 Å². The molecule has 0 fully saturated rings. The monoisotopic (exact) mass is 308 g/mol. The lowest BCUT2D eigenvalue weighted by atomic mass is 10.0. The summed E-state index contributed by atoms with van der Waals surface area (Å²) in [6.07, 6.45) is 3.79. The molecule has 0 aliphatic heterocycles. The molecule has 0 N–H and O–H groups in total. The van der Waals surface area contributed by atoms with Crippen LogP contribution in [0.4, 0.5) is 0 Å². The van der Waals surface area contributed by atoms with Crippen LogP contribution in [0.2, 0.25) is 0 Å². The fourth-order valence-electron chi connectivity index (χ4n) is 3.10. The summed E-state index contributed by atoms with van der Waals surface area (Å²) in [4.78, 5) is 0. The quantitative estimate of drug-likeness (QED) is 0.620. The van der Waals surface area contributed by atoms with Crippen LogP contribution < -0.4 is 4.57 Å². The van der Waals surface area contributed by atoms with E-state index in [1.54, 1.807) is 12.3 Å². The van der Waals surface area contributed by atoms with E-state index < -0.39 is 6.85 Å². The zero-order valence-electron chi connectivity index (χ0n) is 17.2. The number of hydrogen-bond acceptors (Lipinski definition) is 0. The van der Waals surface area contributed by atoms with Gasteiger partial charge in [0.05, 0.1) is 0 Å². The second-order valence-corrected chi connectivity index (χ2v) is 6.34. The highest BCUT2D eigenvalue weighted by molar-refractivity contribution is 5.62. The maximum Gasteiger partial charge on any atom is 0.229 e. The van der Waals surface area contributed by atoms with E-state index in [0.29, 0.717) is 11.5 Å². The van der Waals surface area contributed by atoms with E-state index in [1.807, 2.05) is 17.7 Å². The fourth-order valence-corrected chi connectivity index (χ4v) is 3.10. The van der Waals surface area contributed by atoms with E-state index in [0.717, 1.165) is 22.6 Å². The smallest absolute Gasteiger partial charge is 0.229 e. The van der Waals surface area contributed by atoms with Gasteiger partial charge >= 0.3 is 0 Å². The van der Waals surface area contributed by atoms with Crippen LogP contribution in [-0.4, -0.2) is 4.57 Å². The van der Waals surface area contributed by atoms with Crippen LogP contribution in [0.3, 0.4) is 0 Å². The Morgan fingerprint density at radius 3 is 2.57 bits per heavy atom. The van der Waals surface area contributed by atoms with E-state index in [-0.39, 0.29) is 0 Å². The Morgan fingerprint density at radius 2 is 1.87 bits per heavy atom. The number of rotatable bonds is 3. The molecule has 0 spiro atoms. The molecular formula is C21H25N2+. The standard InChI is InChI=1S/C21H25N2/c1-15(2)18-8-6-7-9-19(18)23-13-12-17(4)21(23)20-11-10-16(3)14-22(20)5/h6-15H,1-5H3/q+1/i3D3. The highest BCUT2D eigenvalue weighted by Crippen LogP contribution is 2.30. The van der Waals surface area contributed by atoms with Crippen LogP contribution >= 0.6 is 0 Å². The molecule has 0 radical (unpaired) electrons. The highest BCUT2D eigenvalue weighted by Gasteiger charge is 2.19. The molecule has 0 saturated heterocycles. The van der Waals surface area contributed by atoms with Crippen molar-refractivity contribution in [1.82, 2.24) is 4.57 Å². The summed E-state index contributed by atoms with van der Waals surface area (Å²) in [5.41, 5.74) is 6.01. The molecule has 0 amide bonds. The first kappa shape index (κ1) is 12.1. The van der Waals surface area contributed by atoms with Gasteiger partial charge in [-0.1, -0.05) is 32.0 Å². The molecule has 2 heterocycles. The zero-order chi connectivity index (χ0) is 19.1. The van der Waals surface area contributed by atoms with Gasteiger partial charge in [-0.2, -0.15) is 4.57 Å². The number of benzene rings is 1. The lowest BCUT2D eigenvalue weighted by molar-refractivity contribution is -0.660. The van der Waals surface area contributed by atoms with Crippen molar-refractivity contribution in [2.24, 2.45) is 7.05 Å². The third-order valence-corrected chi connectivity index (χ3v) is 4.28. The van der Waals surface area contributed by atoms with Crippen molar-refractivity contribution in [2.75, 3.05) is 0 Å². The second kappa shape index (κ2) is 6.04. The van der Waals surface area contributed by atoms with Crippen molar-refractivity contribution in [3.05, 3.63) is 71.5 Å². The predicted octanol–water partition coefficient (Wildman–Crippen LogP) is 4.71. The van der Waals surface area contributed by atoms with Gasteiger partial charge in [0.2, 0.25) is 5.69 Å². The average Bonchev–Trinajstić information content (AvgIpc) is 2.95. The van der Waals surface area contributed by atoms with Crippen molar-refractivity contribution in [3.63, 3.8) is 0 Å². The Hall–Kier alpha value is -2.35. The highest BCUT2D eigenvalue weighted by atomic mass is 15.0. The summed E-state index contributed by atoms with van der Waals surface area (Å²) < 4.78 is 27.0. The van der Waals surface area contributed by atoms with Crippen LogP contribution in [0.25, 0.3) is 17.1 Å². The first-order valence-corrected chi connectivity index (χ1v) is 7.98. The van der Waals surface area contributed by atoms with Gasteiger partial charge in [0, 0.05) is 27.6 Å². The first-order valence-electron chi connectivity index (χ1n) is 9.48. The maximum absolute atomic E-state index is 7.62.